The lowest BCUT2D eigenvalue weighted by atomic mass is 9.92. The van der Waals surface area contributed by atoms with Crippen LogP contribution < -0.4 is 0 Å². The average Bonchev–Trinajstić information content (AvgIpc) is 2.45. The van der Waals surface area contributed by atoms with Crippen LogP contribution in [0.2, 0.25) is 0 Å². The molecule has 0 aliphatic carbocycles. The predicted octanol–water partition coefficient (Wildman–Crippen LogP) is 2.51. The summed E-state index contributed by atoms with van der Waals surface area (Å²) in [7, 11) is 0. The van der Waals surface area contributed by atoms with Crippen molar-refractivity contribution in [1.82, 2.24) is 4.90 Å². The van der Waals surface area contributed by atoms with Gasteiger partial charge in [0, 0.05) is 12.6 Å². The molecule has 1 amide bonds. The molecule has 2 atom stereocenters. The van der Waals surface area contributed by atoms with E-state index < -0.39 is 5.97 Å². The average molecular weight is 277 g/mol. The zero-order valence-corrected chi connectivity index (χ0v) is 11.5. The predicted molar refractivity (Wildman–Crippen MR) is 73.2 cm³/mol. The standard InChI is InChI=1S/C15H19NO4/c1-11-9-13(14(17)18)7-8-16(11)15(19)20-10-12-5-3-2-4-6-12/h2-6,11,13H,7-10H2,1H3,(H,17,18)/t11-,13-/m0/s1. The SMILES string of the molecule is C[C@H]1C[C@@H](C(=O)O)CCN1C(=O)OCc1ccccc1. The topological polar surface area (TPSA) is 66.8 Å². The van der Waals surface area contributed by atoms with Crippen LogP contribution in [0, 0.1) is 5.92 Å². The van der Waals surface area contributed by atoms with Crippen molar-refractivity contribution in [2.24, 2.45) is 5.92 Å². The van der Waals surface area contributed by atoms with Gasteiger partial charge in [0.1, 0.15) is 6.61 Å². The molecule has 1 aromatic rings. The van der Waals surface area contributed by atoms with Crippen molar-refractivity contribution in [3.8, 4) is 0 Å². The molecule has 5 nitrogen and oxygen atoms in total. The third kappa shape index (κ3) is 3.50. The molecule has 5 heteroatoms. The fourth-order valence-corrected chi connectivity index (χ4v) is 2.47. The van der Waals surface area contributed by atoms with Gasteiger partial charge >= 0.3 is 12.1 Å². The summed E-state index contributed by atoms with van der Waals surface area (Å²) >= 11 is 0. The van der Waals surface area contributed by atoms with E-state index in [-0.39, 0.29) is 24.7 Å². The number of piperidine rings is 1. The molecule has 1 N–H and O–H groups in total. The number of hydrogen-bond acceptors (Lipinski definition) is 3. The summed E-state index contributed by atoms with van der Waals surface area (Å²) in [6, 6.07) is 9.38. The number of rotatable bonds is 3. The lowest BCUT2D eigenvalue weighted by molar-refractivity contribution is -0.143. The molecule has 1 heterocycles. The molecule has 1 saturated heterocycles. The number of amides is 1. The second-order valence-corrected chi connectivity index (χ2v) is 5.14. The first-order chi connectivity index (χ1) is 9.58. The molecule has 0 aromatic heterocycles. The van der Waals surface area contributed by atoms with Crippen LogP contribution in [-0.4, -0.2) is 34.7 Å². The Labute approximate surface area is 118 Å². The largest absolute Gasteiger partial charge is 0.481 e. The molecule has 20 heavy (non-hydrogen) atoms. The highest BCUT2D eigenvalue weighted by Gasteiger charge is 2.32. The Hall–Kier alpha value is -2.04. The number of ether oxygens (including phenoxy) is 1. The van der Waals surface area contributed by atoms with Crippen LogP contribution in [0.3, 0.4) is 0 Å². The van der Waals surface area contributed by atoms with Gasteiger partial charge in [0.2, 0.25) is 0 Å². The summed E-state index contributed by atoms with van der Waals surface area (Å²) in [4.78, 5) is 24.6. The minimum Gasteiger partial charge on any atom is -0.481 e. The van der Waals surface area contributed by atoms with Crippen LogP contribution in [0.25, 0.3) is 0 Å². The summed E-state index contributed by atoms with van der Waals surface area (Å²) < 4.78 is 5.27. The molecular formula is C15H19NO4. The van der Waals surface area contributed by atoms with Gasteiger partial charge in [-0.3, -0.25) is 4.79 Å². The molecule has 1 fully saturated rings. The van der Waals surface area contributed by atoms with Crippen molar-refractivity contribution in [2.75, 3.05) is 6.54 Å². The number of carboxylic acid groups (broad SMARTS) is 1. The lowest BCUT2D eigenvalue weighted by Crippen LogP contribution is -2.46. The highest BCUT2D eigenvalue weighted by molar-refractivity contribution is 5.72. The van der Waals surface area contributed by atoms with E-state index >= 15 is 0 Å². The fourth-order valence-electron chi connectivity index (χ4n) is 2.47. The molecule has 1 aliphatic rings. The van der Waals surface area contributed by atoms with Gasteiger partial charge in [-0.2, -0.15) is 0 Å². The number of carboxylic acids is 1. The maximum atomic E-state index is 12.0. The van der Waals surface area contributed by atoms with Gasteiger partial charge in [-0.1, -0.05) is 30.3 Å². The number of nitrogens with zero attached hydrogens (tertiary/aromatic N) is 1. The molecular weight excluding hydrogens is 258 g/mol. The first-order valence-electron chi connectivity index (χ1n) is 6.78. The molecule has 1 aromatic carbocycles. The summed E-state index contributed by atoms with van der Waals surface area (Å²) in [6.07, 6.45) is 0.598. The van der Waals surface area contributed by atoms with E-state index in [1.807, 2.05) is 37.3 Å². The van der Waals surface area contributed by atoms with E-state index in [9.17, 15) is 9.59 Å². The fraction of sp³-hybridized carbons (Fsp3) is 0.467. The quantitative estimate of drug-likeness (QED) is 0.921. The van der Waals surface area contributed by atoms with Gasteiger partial charge in [0.25, 0.3) is 0 Å². The molecule has 108 valence electrons. The zero-order chi connectivity index (χ0) is 14.5. The van der Waals surface area contributed by atoms with Crippen molar-refractivity contribution in [2.45, 2.75) is 32.4 Å². The number of benzene rings is 1. The van der Waals surface area contributed by atoms with Crippen LogP contribution in [0.15, 0.2) is 30.3 Å². The van der Waals surface area contributed by atoms with Crippen LogP contribution in [-0.2, 0) is 16.1 Å². The third-order valence-corrected chi connectivity index (χ3v) is 3.67. The second kappa shape index (κ2) is 6.41. The molecule has 1 aliphatic heterocycles. The molecule has 0 bridgehead atoms. The maximum absolute atomic E-state index is 12.0. The van der Waals surface area contributed by atoms with Crippen molar-refractivity contribution in [3.05, 3.63) is 35.9 Å². The van der Waals surface area contributed by atoms with Crippen molar-refractivity contribution < 1.29 is 19.4 Å². The summed E-state index contributed by atoms with van der Waals surface area (Å²) in [5.41, 5.74) is 0.939. The maximum Gasteiger partial charge on any atom is 0.410 e. The monoisotopic (exact) mass is 277 g/mol. The van der Waals surface area contributed by atoms with Crippen LogP contribution in [0.5, 0.6) is 0 Å². The summed E-state index contributed by atoms with van der Waals surface area (Å²) in [5, 5.41) is 9.00. The van der Waals surface area contributed by atoms with Gasteiger partial charge in [-0.25, -0.2) is 4.79 Å². The van der Waals surface area contributed by atoms with Crippen molar-refractivity contribution in [1.29, 1.82) is 0 Å². The highest BCUT2D eigenvalue weighted by atomic mass is 16.6. The molecule has 0 radical (unpaired) electrons. The number of carbonyl (C=O) groups excluding carboxylic acids is 1. The van der Waals surface area contributed by atoms with Gasteiger partial charge < -0.3 is 14.7 Å². The molecule has 2 rings (SSSR count). The Morgan fingerprint density at radius 1 is 1.35 bits per heavy atom. The Bertz CT molecular complexity index is 474. The Morgan fingerprint density at radius 2 is 2.05 bits per heavy atom. The van der Waals surface area contributed by atoms with Gasteiger partial charge in [0.05, 0.1) is 5.92 Å². The highest BCUT2D eigenvalue weighted by Crippen LogP contribution is 2.23. The molecule has 0 unspecified atom stereocenters. The summed E-state index contributed by atoms with van der Waals surface area (Å²) in [5.74, 6) is -1.14. The lowest BCUT2D eigenvalue weighted by Gasteiger charge is -2.35. The van der Waals surface area contributed by atoms with Gasteiger partial charge in [-0.15, -0.1) is 0 Å². The smallest absolute Gasteiger partial charge is 0.410 e. The van der Waals surface area contributed by atoms with Gasteiger partial charge in [0.15, 0.2) is 0 Å². The van der Waals surface area contributed by atoms with E-state index in [1.165, 1.54) is 0 Å². The van der Waals surface area contributed by atoms with Gasteiger partial charge in [-0.05, 0) is 25.3 Å². The molecule has 0 saturated carbocycles. The second-order valence-electron chi connectivity index (χ2n) is 5.14. The number of likely N-dealkylation sites (tertiary alicyclic amines) is 1. The van der Waals surface area contributed by atoms with E-state index in [0.29, 0.717) is 19.4 Å². The normalized spacial score (nSPS) is 22.4. The Kier molecular flexibility index (Phi) is 4.61. The number of hydrogen-bond donors (Lipinski definition) is 1. The number of carbonyl (C=O) groups is 2. The minimum absolute atomic E-state index is 0.104. The first-order valence-corrected chi connectivity index (χ1v) is 6.78. The van der Waals surface area contributed by atoms with E-state index in [4.69, 9.17) is 9.84 Å². The van der Waals surface area contributed by atoms with Crippen LogP contribution in [0.1, 0.15) is 25.3 Å². The van der Waals surface area contributed by atoms with Crippen LogP contribution in [0.4, 0.5) is 4.79 Å². The number of aliphatic carboxylic acids is 1. The minimum atomic E-state index is -0.783. The third-order valence-electron chi connectivity index (χ3n) is 3.67. The van der Waals surface area contributed by atoms with E-state index in [1.54, 1.807) is 4.90 Å². The first kappa shape index (κ1) is 14.4. The summed E-state index contributed by atoms with van der Waals surface area (Å²) in [6.45, 7) is 2.54. The Balaban J connectivity index is 1.85. The Morgan fingerprint density at radius 3 is 2.65 bits per heavy atom. The molecule has 0 spiro atoms. The van der Waals surface area contributed by atoms with Crippen LogP contribution >= 0.6 is 0 Å². The van der Waals surface area contributed by atoms with Crippen molar-refractivity contribution >= 4 is 12.1 Å². The van der Waals surface area contributed by atoms with E-state index in [0.717, 1.165) is 5.56 Å². The zero-order valence-electron chi connectivity index (χ0n) is 11.5. The van der Waals surface area contributed by atoms with Crippen molar-refractivity contribution in [3.63, 3.8) is 0 Å². The van der Waals surface area contributed by atoms with E-state index in [2.05, 4.69) is 0 Å².